The summed E-state index contributed by atoms with van der Waals surface area (Å²) >= 11 is 5.82. The molecule has 0 saturated heterocycles. The average molecular weight is 326 g/mol. The van der Waals surface area contributed by atoms with Crippen LogP contribution >= 0.6 is 11.6 Å². The number of nitrogens with one attached hydrogen (secondary N) is 1. The zero-order valence-electron chi connectivity index (χ0n) is 12.5. The Hall–Kier alpha value is -2.39. The van der Waals surface area contributed by atoms with Crippen molar-refractivity contribution in [2.24, 2.45) is 5.92 Å². The molecule has 1 saturated carbocycles. The van der Waals surface area contributed by atoms with Crippen LogP contribution in [0.25, 0.3) is 6.08 Å². The molecule has 0 heterocycles. The first-order valence-electron chi connectivity index (χ1n) is 7.50. The summed E-state index contributed by atoms with van der Waals surface area (Å²) in [7, 11) is 0. The zero-order chi connectivity index (χ0) is 16.2. The van der Waals surface area contributed by atoms with E-state index in [9.17, 15) is 9.59 Å². The summed E-state index contributed by atoms with van der Waals surface area (Å²) < 4.78 is 0. The minimum Gasteiger partial charge on any atom is -0.325 e. The number of Topliss-reactive ketones (excluding diaryl/α,β-unsaturated/α-hetero) is 1. The van der Waals surface area contributed by atoms with E-state index < -0.39 is 5.92 Å². The lowest BCUT2D eigenvalue weighted by Gasteiger charge is -2.09. The second kappa shape index (κ2) is 6.80. The molecule has 0 spiro atoms. The van der Waals surface area contributed by atoms with Crippen molar-refractivity contribution >= 4 is 35.1 Å². The van der Waals surface area contributed by atoms with Crippen LogP contribution in [0.3, 0.4) is 0 Å². The lowest BCUT2D eigenvalue weighted by atomic mass is 10.0. The minimum absolute atomic E-state index is 0.0830. The van der Waals surface area contributed by atoms with Gasteiger partial charge in [0, 0.05) is 10.7 Å². The number of halogens is 1. The number of rotatable bonds is 3. The second-order valence-electron chi connectivity index (χ2n) is 5.53. The van der Waals surface area contributed by atoms with E-state index in [0.717, 1.165) is 5.56 Å². The Balaban J connectivity index is 1.70. The third-order valence-electron chi connectivity index (χ3n) is 3.90. The lowest BCUT2D eigenvalue weighted by molar-refractivity contribution is -0.127. The number of carbonyl (C=O) groups excluding carboxylic acids is 2. The molecule has 3 nitrogen and oxygen atoms in total. The largest absolute Gasteiger partial charge is 0.325 e. The number of amides is 1. The van der Waals surface area contributed by atoms with Crippen molar-refractivity contribution in [3.8, 4) is 0 Å². The van der Waals surface area contributed by atoms with E-state index in [-0.39, 0.29) is 11.7 Å². The highest BCUT2D eigenvalue weighted by atomic mass is 35.5. The summed E-state index contributed by atoms with van der Waals surface area (Å²) in [5, 5.41) is 3.38. The molecule has 1 aliphatic carbocycles. The second-order valence-corrected chi connectivity index (χ2v) is 5.97. The number of carbonyl (C=O) groups is 2. The zero-order valence-corrected chi connectivity index (χ0v) is 13.2. The third-order valence-corrected chi connectivity index (χ3v) is 4.16. The summed E-state index contributed by atoms with van der Waals surface area (Å²) in [5.41, 5.74) is 2.34. The summed E-state index contributed by atoms with van der Waals surface area (Å²) in [5.74, 6) is -0.949. The van der Waals surface area contributed by atoms with Crippen LogP contribution < -0.4 is 5.32 Å². The molecule has 2 aromatic rings. The highest BCUT2D eigenvalue weighted by molar-refractivity contribution is 6.30. The van der Waals surface area contributed by atoms with Crippen molar-refractivity contribution in [2.75, 3.05) is 5.32 Å². The van der Waals surface area contributed by atoms with Gasteiger partial charge in [0.25, 0.3) is 0 Å². The number of allylic oxidation sites excluding steroid dienone is 1. The molecule has 23 heavy (non-hydrogen) atoms. The maximum atomic E-state index is 12.4. The quantitative estimate of drug-likeness (QED) is 0.674. The number of hydrogen-bond acceptors (Lipinski definition) is 2. The topological polar surface area (TPSA) is 46.2 Å². The molecule has 3 rings (SSSR count). The fourth-order valence-corrected chi connectivity index (χ4v) is 2.81. The fourth-order valence-electron chi connectivity index (χ4n) is 2.68. The molecular weight excluding hydrogens is 310 g/mol. The molecular formula is C19H16ClNO2. The van der Waals surface area contributed by atoms with E-state index in [4.69, 9.17) is 11.6 Å². The molecule has 1 atom stereocenters. The number of hydrogen-bond donors (Lipinski definition) is 1. The SMILES string of the molecule is O=C(Nc1ccc(Cl)cc1)C1CC/C(=C\c2ccccc2)C1=O. The van der Waals surface area contributed by atoms with Gasteiger partial charge in [0.05, 0.1) is 0 Å². The Morgan fingerprint density at radius 2 is 1.78 bits per heavy atom. The third kappa shape index (κ3) is 3.69. The number of ketones is 1. The molecule has 0 bridgehead atoms. The molecule has 2 aromatic carbocycles. The summed E-state index contributed by atoms with van der Waals surface area (Å²) in [6.07, 6.45) is 3.06. The first-order chi connectivity index (χ1) is 11.1. The van der Waals surface area contributed by atoms with Gasteiger partial charge in [-0.15, -0.1) is 0 Å². The highest BCUT2D eigenvalue weighted by Crippen LogP contribution is 2.29. The van der Waals surface area contributed by atoms with Gasteiger partial charge in [-0.25, -0.2) is 0 Å². The Morgan fingerprint density at radius 3 is 2.48 bits per heavy atom. The molecule has 1 fully saturated rings. The number of benzene rings is 2. The van der Waals surface area contributed by atoms with Crippen LogP contribution in [0.4, 0.5) is 5.69 Å². The van der Waals surface area contributed by atoms with Crippen molar-refractivity contribution in [2.45, 2.75) is 12.8 Å². The van der Waals surface area contributed by atoms with Crippen LogP contribution in [-0.4, -0.2) is 11.7 Å². The summed E-state index contributed by atoms with van der Waals surface area (Å²) in [6.45, 7) is 0. The Bertz CT molecular complexity index is 751. The molecule has 1 aliphatic rings. The summed E-state index contributed by atoms with van der Waals surface area (Å²) in [6, 6.07) is 16.5. The molecule has 0 aromatic heterocycles. The van der Waals surface area contributed by atoms with Crippen molar-refractivity contribution in [1.29, 1.82) is 0 Å². The van der Waals surface area contributed by atoms with Crippen molar-refractivity contribution in [3.63, 3.8) is 0 Å². The molecule has 4 heteroatoms. The number of anilines is 1. The van der Waals surface area contributed by atoms with Crippen LogP contribution in [0.2, 0.25) is 5.02 Å². The van der Waals surface area contributed by atoms with Crippen molar-refractivity contribution in [3.05, 3.63) is 70.8 Å². The van der Waals surface area contributed by atoms with Gasteiger partial charge >= 0.3 is 0 Å². The van der Waals surface area contributed by atoms with Crippen LogP contribution in [0, 0.1) is 5.92 Å². The average Bonchev–Trinajstić information content (AvgIpc) is 2.92. The van der Waals surface area contributed by atoms with Gasteiger partial charge < -0.3 is 5.32 Å². The van der Waals surface area contributed by atoms with E-state index >= 15 is 0 Å². The first-order valence-corrected chi connectivity index (χ1v) is 7.87. The normalized spacial score (nSPS) is 19.1. The van der Waals surface area contributed by atoms with Gasteiger partial charge in [0.15, 0.2) is 5.78 Å². The van der Waals surface area contributed by atoms with Gasteiger partial charge in [-0.05, 0) is 54.3 Å². The molecule has 1 N–H and O–H groups in total. The van der Waals surface area contributed by atoms with E-state index in [2.05, 4.69) is 5.32 Å². The van der Waals surface area contributed by atoms with Crippen LogP contribution in [0.5, 0.6) is 0 Å². The minimum atomic E-state index is -0.611. The van der Waals surface area contributed by atoms with Crippen LogP contribution in [0.1, 0.15) is 18.4 Å². The maximum Gasteiger partial charge on any atom is 0.235 e. The van der Waals surface area contributed by atoms with Crippen LogP contribution in [-0.2, 0) is 9.59 Å². The summed E-state index contributed by atoms with van der Waals surface area (Å²) in [4.78, 5) is 24.8. The van der Waals surface area contributed by atoms with E-state index in [1.165, 1.54) is 0 Å². The Morgan fingerprint density at radius 1 is 1.09 bits per heavy atom. The molecule has 116 valence electrons. The smallest absolute Gasteiger partial charge is 0.235 e. The predicted molar refractivity (Wildman–Crippen MR) is 92.2 cm³/mol. The monoisotopic (exact) mass is 325 g/mol. The fraction of sp³-hybridized carbons (Fsp3) is 0.158. The maximum absolute atomic E-state index is 12.4. The molecule has 1 amide bonds. The van der Waals surface area contributed by atoms with Crippen LogP contribution in [0.15, 0.2) is 60.2 Å². The Labute approximate surface area is 140 Å². The van der Waals surface area contributed by atoms with Crippen molar-refractivity contribution < 1.29 is 9.59 Å². The first kappa shape index (κ1) is 15.5. The van der Waals surface area contributed by atoms with Gasteiger partial charge in [0.2, 0.25) is 5.91 Å². The highest BCUT2D eigenvalue weighted by Gasteiger charge is 2.34. The molecule has 0 aliphatic heterocycles. The van der Waals surface area contributed by atoms with E-state index in [1.54, 1.807) is 24.3 Å². The van der Waals surface area contributed by atoms with Gasteiger partial charge in [-0.2, -0.15) is 0 Å². The van der Waals surface area contributed by atoms with Gasteiger partial charge in [0.1, 0.15) is 5.92 Å². The molecule has 1 unspecified atom stereocenters. The van der Waals surface area contributed by atoms with Crippen molar-refractivity contribution in [1.82, 2.24) is 0 Å². The predicted octanol–water partition coefficient (Wildman–Crippen LogP) is 4.34. The van der Waals surface area contributed by atoms with E-state index in [1.807, 2.05) is 36.4 Å². The van der Waals surface area contributed by atoms with E-state index in [0.29, 0.717) is 29.1 Å². The molecule has 0 radical (unpaired) electrons. The Kier molecular flexibility index (Phi) is 4.58. The lowest BCUT2D eigenvalue weighted by Crippen LogP contribution is -2.26. The van der Waals surface area contributed by atoms with Gasteiger partial charge in [-0.1, -0.05) is 41.9 Å². The van der Waals surface area contributed by atoms with Gasteiger partial charge in [-0.3, -0.25) is 9.59 Å². The standard InChI is InChI=1S/C19H16ClNO2/c20-15-7-9-16(10-8-15)21-19(23)17-11-6-14(18(17)22)12-13-4-2-1-3-5-13/h1-5,7-10,12,17H,6,11H2,(H,21,23)/b14-12+.